The van der Waals surface area contributed by atoms with Crippen LogP contribution in [0, 0.1) is 6.07 Å². The first kappa shape index (κ1) is 12.2. The highest BCUT2D eigenvalue weighted by atomic mass is 32.2. The first-order valence-electron chi connectivity index (χ1n) is 3.95. The Kier molecular flexibility index (Phi) is 3.48. The van der Waals surface area contributed by atoms with E-state index in [9.17, 15) is 16.8 Å². The average molecular weight is 249 g/mol. The van der Waals surface area contributed by atoms with Gasteiger partial charge in [0.15, 0.2) is 9.84 Å². The van der Waals surface area contributed by atoms with Crippen LogP contribution in [0.2, 0.25) is 0 Å². The monoisotopic (exact) mass is 249 g/mol. The van der Waals surface area contributed by atoms with E-state index >= 15 is 0 Å². The van der Waals surface area contributed by atoms with Crippen LogP contribution in [-0.4, -0.2) is 32.9 Å². The zero-order chi connectivity index (χ0) is 11.5. The van der Waals surface area contributed by atoms with Crippen LogP contribution in [0.25, 0.3) is 0 Å². The van der Waals surface area contributed by atoms with Gasteiger partial charge in [-0.25, -0.2) is 8.42 Å². The third-order valence-corrected chi connectivity index (χ3v) is 4.34. The van der Waals surface area contributed by atoms with Gasteiger partial charge in [-0.3, -0.25) is 4.55 Å². The van der Waals surface area contributed by atoms with Gasteiger partial charge in [0.05, 0.1) is 16.4 Å². The molecule has 1 radical (unpaired) electrons. The fourth-order valence-corrected chi connectivity index (χ4v) is 3.39. The largest absolute Gasteiger partial charge is 0.286 e. The summed E-state index contributed by atoms with van der Waals surface area (Å²) in [5.41, 5.74) is 0. The molecule has 1 aromatic rings. The van der Waals surface area contributed by atoms with E-state index in [1.807, 2.05) is 0 Å². The van der Waals surface area contributed by atoms with Gasteiger partial charge in [0.25, 0.3) is 10.1 Å². The highest BCUT2D eigenvalue weighted by molar-refractivity contribution is 7.93. The maximum Gasteiger partial charge on any atom is 0.265 e. The lowest BCUT2D eigenvalue weighted by Gasteiger charge is -2.01. The Morgan fingerprint density at radius 2 is 1.87 bits per heavy atom. The van der Waals surface area contributed by atoms with E-state index in [1.54, 1.807) is 0 Å². The Hall–Kier alpha value is -0.920. The lowest BCUT2D eigenvalue weighted by molar-refractivity contribution is 0.484. The summed E-state index contributed by atoms with van der Waals surface area (Å²) in [6.07, 6.45) is 0. The maximum atomic E-state index is 11.5. The minimum atomic E-state index is -4.25. The fraction of sp³-hybridized carbons (Fsp3) is 0.250. The highest BCUT2D eigenvalue weighted by Gasteiger charge is 2.17. The van der Waals surface area contributed by atoms with Crippen molar-refractivity contribution in [3.63, 3.8) is 0 Å². The van der Waals surface area contributed by atoms with Crippen molar-refractivity contribution in [2.45, 2.75) is 4.90 Å². The highest BCUT2D eigenvalue weighted by Crippen LogP contribution is 2.09. The molecule has 7 heteroatoms. The molecule has 0 aliphatic rings. The molecule has 0 spiro atoms. The van der Waals surface area contributed by atoms with E-state index in [4.69, 9.17) is 4.55 Å². The molecule has 1 aromatic carbocycles. The van der Waals surface area contributed by atoms with Gasteiger partial charge in [0.2, 0.25) is 0 Å². The lowest BCUT2D eigenvalue weighted by atomic mass is 10.4. The van der Waals surface area contributed by atoms with Gasteiger partial charge >= 0.3 is 0 Å². The second-order valence-corrected chi connectivity index (χ2v) is 6.53. The predicted octanol–water partition coefficient (Wildman–Crippen LogP) is 0.148. The molecule has 83 valence electrons. The average Bonchev–Trinajstić information content (AvgIpc) is 2.16. The van der Waals surface area contributed by atoms with Crippen molar-refractivity contribution < 1.29 is 21.4 Å². The van der Waals surface area contributed by atoms with E-state index < -0.39 is 31.5 Å². The number of sulfone groups is 1. The summed E-state index contributed by atoms with van der Waals surface area (Å²) in [6, 6.07) is 8.18. The Bertz CT molecular complexity index is 515. The van der Waals surface area contributed by atoms with Crippen molar-refractivity contribution in [2.24, 2.45) is 0 Å². The predicted molar refractivity (Wildman–Crippen MR) is 53.7 cm³/mol. The van der Waals surface area contributed by atoms with Crippen molar-refractivity contribution in [3.05, 3.63) is 30.3 Å². The Morgan fingerprint density at radius 3 is 2.33 bits per heavy atom. The third-order valence-electron chi connectivity index (χ3n) is 1.65. The molecule has 0 bridgehead atoms. The standard InChI is InChI=1S/C8H9O5S2/c9-14(10,6-7-15(11,12)13)8-4-2-1-3-5-8/h1-2,4-5H,6-7H2,(H,11,12,13). The van der Waals surface area contributed by atoms with Gasteiger partial charge in [0, 0.05) is 0 Å². The fourth-order valence-electron chi connectivity index (χ4n) is 0.903. The molecular weight excluding hydrogens is 240 g/mol. The van der Waals surface area contributed by atoms with Crippen LogP contribution in [0.15, 0.2) is 29.2 Å². The van der Waals surface area contributed by atoms with Crippen molar-refractivity contribution in [3.8, 4) is 0 Å². The second-order valence-electron chi connectivity index (χ2n) is 2.84. The topological polar surface area (TPSA) is 88.5 Å². The molecule has 0 saturated heterocycles. The molecule has 0 heterocycles. The number of benzene rings is 1. The number of hydrogen-bond donors (Lipinski definition) is 1. The van der Waals surface area contributed by atoms with Crippen molar-refractivity contribution >= 4 is 20.0 Å². The van der Waals surface area contributed by atoms with Crippen LogP contribution < -0.4 is 0 Å². The summed E-state index contributed by atoms with van der Waals surface area (Å²) in [5, 5.41) is 0. The second kappa shape index (κ2) is 4.30. The molecule has 0 unspecified atom stereocenters. The normalized spacial score (nSPS) is 12.6. The molecular formula is C8H9O5S2. The van der Waals surface area contributed by atoms with Gasteiger partial charge in [0.1, 0.15) is 0 Å². The van der Waals surface area contributed by atoms with E-state index in [1.165, 1.54) is 24.3 Å². The van der Waals surface area contributed by atoms with Crippen molar-refractivity contribution in [1.82, 2.24) is 0 Å². The van der Waals surface area contributed by atoms with Crippen LogP contribution in [0.3, 0.4) is 0 Å². The molecule has 0 aromatic heterocycles. The van der Waals surface area contributed by atoms with E-state index in [0.29, 0.717) is 0 Å². The molecule has 0 atom stereocenters. The number of rotatable bonds is 4. The Balaban J connectivity index is 2.87. The van der Waals surface area contributed by atoms with E-state index in [-0.39, 0.29) is 4.90 Å². The Morgan fingerprint density at radius 1 is 1.20 bits per heavy atom. The quantitative estimate of drug-likeness (QED) is 0.767. The van der Waals surface area contributed by atoms with Gasteiger partial charge in [-0.05, 0) is 18.2 Å². The van der Waals surface area contributed by atoms with Crippen LogP contribution in [0.5, 0.6) is 0 Å². The molecule has 0 fully saturated rings. The SMILES string of the molecule is O=S(=O)(O)CCS(=O)(=O)c1c[c]ccc1. The minimum Gasteiger partial charge on any atom is -0.286 e. The summed E-state index contributed by atoms with van der Waals surface area (Å²) in [6.45, 7) is 0. The molecule has 1 rings (SSSR count). The van der Waals surface area contributed by atoms with Gasteiger partial charge in [-0.2, -0.15) is 8.42 Å². The molecule has 15 heavy (non-hydrogen) atoms. The van der Waals surface area contributed by atoms with E-state index in [0.717, 1.165) is 0 Å². The van der Waals surface area contributed by atoms with Crippen LogP contribution >= 0.6 is 0 Å². The van der Waals surface area contributed by atoms with Crippen molar-refractivity contribution in [1.29, 1.82) is 0 Å². The maximum absolute atomic E-state index is 11.5. The summed E-state index contributed by atoms with van der Waals surface area (Å²) in [7, 11) is -7.92. The first-order valence-corrected chi connectivity index (χ1v) is 7.21. The zero-order valence-electron chi connectivity index (χ0n) is 7.62. The first-order chi connectivity index (χ1) is 6.81. The molecule has 0 amide bonds. The van der Waals surface area contributed by atoms with Crippen molar-refractivity contribution in [2.75, 3.05) is 11.5 Å². The molecule has 5 nitrogen and oxygen atoms in total. The van der Waals surface area contributed by atoms with Gasteiger partial charge < -0.3 is 0 Å². The molecule has 0 saturated carbocycles. The number of hydrogen-bond acceptors (Lipinski definition) is 4. The zero-order valence-corrected chi connectivity index (χ0v) is 9.25. The molecule has 0 aliphatic heterocycles. The molecule has 1 N–H and O–H groups in total. The summed E-state index contributed by atoms with van der Waals surface area (Å²) in [4.78, 5) is -0.00588. The van der Waals surface area contributed by atoms with E-state index in [2.05, 4.69) is 6.07 Å². The lowest BCUT2D eigenvalue weighted by Crippen LogP contribution is -2.16. The summed E-state index contributed by atoms with van der Waals surface area (Å²) < 4.78 is 52.2. The molecule has 0 aliphatic carbocycles. The summed E-state index contributed by atoms with van der Waals surface area (Å²) in [5.74, 6) is -1.44. The third kappa shape index (κ3) is 3.98. The van der Waals surface area contributed by atoms with Gasteiger partial charge in [-0.1, -0.05) is 12.1 Å². The minimum absolute atomic E-state index is 0.00588. The van der Waals surface area contributed by atoms with Crippen LogP contribution in [0.1, 0.15) is 0 Å². The smallest absolute Gasteiger partial charge is 0.265 e. The Labute approximate surface area is 88.4 Å². The van der Waals surface area contributed by atoms with Crippen LogP contribution in [0.4, 0.5) is 0 Å². The summed E-state index contributed by atoms with van der Waals surface area (Å²) >= 11 is 0. The van der Waals surface area contributed by atoms with Crippen LogP contribution in [-0.2, 0) is 20.0 Å². The van der Waals surface area contributed by atoms with Gasteiger partial charge in [-0.15, -0.1) is 0 Å².